The van der Waals surface area contributed by atoms with Crippen molar-refractivity contribution in [2.75, 3.05) is 44.8 Å². The fourth-order valence-corrected chi connectivity index (χ4v) is 5.59. The van der Waals surface area contributed by atoms with Gasteiger partial charge in [0.25, 0.3) is 0 Å². The third-order valence-electron chi connectivity index (χ3n) is 6.42. The van der Waals surface area contributed by atoms with Gasteiger partial charge >= 0.3 is 0 Å². The van der Waals surface area contributed by atoms with E-state index < -0.39 is 0 Å². The van der Waals surface area contributed by atoms with Gasteiger partial charge in [0.05, 0.1) is 12.0 Å². The highest BCUT2D eigenvalue weighted by molar-refractivity contribution is 7.17. The van der Waals surface area contributed by atoms with Crippen molar-refractivity contribution in [3.8, 4) is 11.1 Å². The first-order chi connectivity index (χ1) is 14.3. The minimum Gasteiger partial charge on any atom is -0.380 e. The zero-order chi connectivity index (χ0) is 19.6. The van der Waals surface area contributed by atoms with Crippen LogP contribution in [-0.2, 0) is 4.74 Å². The van der Waals surface area contributed by atoms with Crippen LogP contribution in [0.3, 0.4) is 0 Å². The number of rotatable bonds is 5. The molecule has 29 heavy (non-hydrogen) atoms. The number of ether oxygens (including phenoxy) is 1. The number of nitrogens with zero attached hydrogens (tertiary/aromatic N) is 4. The number of thiophene rings is 1. The van der Waals surface area contributed by atoms with Crippen molar-refractivity contribution in [2.45, 2.75) is 25.3 Å². The van der Waals surface area contributed by atoms with E-state index in [2.05, 4.69) is 57.5 Å². The second-order valence-corrected chi connectivity index (χ2v) is 9.14. The quantitative estimate of drug-likeness (QED) is 0.630. The fourth-order valence-electron chi connectivity index (χ4n) is 4.68. The van der Waals surface area contributed by atoms with Crippen LogP contribution >= 0.6 is 11.3 Å². The fraction of sp³-hybridized carbons (Fsp3) is 0.478. The Morgan fingerprint density at radius 3 is 2.72 bits per heavy atom. The summed E-state index contributed by atoms with van der Waals surface area (Å²) in [6, 6.07) is 11.2. The molecule has 3 aromatic rings. The first kappa shape index (κ1) is 19.0. The Morgan fingerprint density at radius 2 is 1.97 bits per heavy atom. The molecule has 6 heteroatoms. The van der Waals surface area contributed by atoms with Crippen molar-refractivity contribution in [3.05, 3.63) is 42.0 Å². The molecule has 1 unspecified atom stereocenters. The van der Waals surface area contributed by atoms with Gasteiger partial charge in [0.1, 0.15) is 17.0 Å². The van der Waals surface area contributed by atoms with E-state index in [4.69, 9.17) is 9.72 Å². The number of benzene rings is 1. The molecule has 0 bridgehead atoms. The van der Waals surface area contributed by atoms with Gasteiger partial charge in [-0.2, -0.15) is 0 Å². The molecule has 152 valence electrons. The number of anilines is 1. The Hall–Kier alpha value is -2.02. The molecule has 0 saturated carbocycles. The summed E-state index contributed by atoms with van der Waals surface area (Å²) in [7, 11) is 2.26. The predicted molar refractivity (Wildman–Crippen MR) is 120 cm³/mol. The molecule has 2 aliphatic rings. The molecule has 0 aliphatic carbocycles. The normalized spacial score (nSPS) is 20.8. The summed E-state index contributed by atoms with van der Waals surface area (Å²) in [6.45, 7) is 5.12. The molecule has 0 spiro atoms. The number of piperidine rings is 1. The van der Waals surface area contributed by atoms with E-state index in [1.54, 1.807) is 17.7 Å². The molecule has 0 N–H and O–H groups in total. The zero-order valence-electron chi connectivity index (χ0n) is 17.0. The molecule has 2 aromatic heterocycles. The van der Waals surface area contributed by atoms with Crippen LogP contribution in [-0.4, -0.2) is 60.8 Å². The van der Waals surface area contributed by atoms with E-state index in [-0.39, 0.29) is 0 Å². The lowest BCUT2D eigenvalue weighted by Gasteiger charge is -2.36. The third kappa shape index (κ3) is 3.89. The summed E-state index contributed by atoms with van der Waals surface area (Å²) in [4.78, 5) is 15.3. The molecule has 0 radical (unpaired) electrons. The van der Waals surface area contributed by atoms with E-state index >= 15 is 0 Å². The van der Waals surface area contributed by atoms with Crippen LogP contribution in [0.25, 0.3) is 21.3 Å². The molecule has 4 heterocycles. The van der Waals surface area contributed by atoms with Crippen LogP contribution in [0.4, 0.5) is 5.82 Å². The molecular formula is C23H28N4OS. The van der Waals surface area contributed by atoms with Crippen LogP contribution < -0.4 is 4.90 Å². The second-order valence-electron chi connectivity index (χ2n) is 8.28. The molecule has 2 saturated heterocycles. The largest absolute Gasteiger partial charge is 0.380 e. The topological polar surface area (TPSA) is 41.5 Å². The zero-order valence-corrected chi connectivity index (χ0v) is 17.8. The Kier molecular flexibility index (Phi) is 5.48. The van der Waals surface area contributed by atoms with Crippen molar-refractivity contribution in [2.24, 2.45) is 5.92 Å². The van der Waals surface area contributed by atoms with E-state index in [1.807, 2.05) is 0 Å². The lowest BCUT2D eigenvalue weighted by Crippen LogP contribution is -2.41. The van der Waals surface area contributed by atoms with Gasteiger partial charge in [0, 0.05) is 43.2 Å². The maximum atomic E-state index is 5.56. The molecular weight excluding hydrogens is 380 g/mol. The van der Waals surface area contributed by atoms with Crippen LogP contribution in [0.5, 0.6) is 0 Å². The Bertz CT molecular complexity index is 946. The van der Waals surface area contributed by atoms with Gasteiger partial charge in [0.2, 0.25) is 0 Å². The molecule has 0 amide bonds. The highest BCUT2D eigenvalue weighted by Crippen LogP contribution is 2.38. The van der Waals surface area contributed by atoms with Crippen molar-refractivity contribution >= 4 is 27.4 Å². The lowest BCUT2D eigenvalue weighted by atomic mass is 9.95. The number of hydrogen-bond acceptors (Lipinski definition) is 6. The van der Waals surface area contributed by atoms with Crippen molar-refractivity contribution < 1.29 is 4.74 Å². The van der Waals surface area contributed by atoms with E-state index in [0.29, 0.717) is 6.04 Å². The molecule has 5 rings (SSSR count). The Labute approximate surface area is 176 Å². The third-order valence-corrected chi connectivity index (χ3v) is 7.31. The van der Waals surface area contributed by atoms with Gasteiger partial charge in [-0.15, -0.1) is 11.3 Å². The molecule has 1 aromatic carbocycles. The highest BCUT2D eigenvalue weighted by Gasteiger charge is 2.27. The standard InChI is InChI=1S/C23H28N4OS/c1-26(19-9-12-28-14-19)13-17-7-10-27(11-8-17)22-21-20(18-5-3-2-4-6-18)15-29-23(21)25-16-24-22/h2-6,15-17,19H,7-14H2,1H3. The monoisotopic (exact) mass is 408 g/mol. The number of aromatic nitrogens is 2. The molecule has 2 aliphatic heterocycles. The van der Waals surface area contributed by atoms with Gasteiger partial charge in [-0.1, -0.05) is 30.3 Å². The predicted octanol–water partition coefficient (Wildman–Crippen LogP) is 4.30. The Balaban J connectivity index is 1.32. The Morgan fingerprint density at radius 1 is 1.14 bits per heavy atom. The summed E-state index contributed by atoms with van der Waals surface area (Å²) < 4.78 is 5.56. The summed E-state index contributed by atoms with van der Waals surface area (Å²) in [5, 5.41) is 3.44. The maximum Gasteiger partial charge on any atom is 0.141 e. The minimum atomic E-state index is 0.605. The van der Waals surface area contributed by atoms with Crippen molar-refractivity contribution in [1.82, 2.24) is 14.9 Å². The van der Waals surface area contributed by atoms with Crippen molar-refractivity contribution in [3.63, 3.8) is 0 Å². The minimum absolute atomic E-state index is 0.605. The summed E-state index contributed by atoms with van der Waals surface area (Å²) in [5.74, 6) is 1.86. The first-order valence-electron chi connectivity index (χ1n) is 10.6. The smallest absolute Gasteiger partial charge is 0.141 e. The number of fused-ring (bicyclic) bond motifs is 1. The van der Waals surface area contributed by atoms with Gasteiger partial charge < -0.3 is 14.5 Å². The molecule has 2 fully saturated rings. The van der Waals surface area contributed by atoms with Gasteiger partial charge in [-0.3, -0.25) is 0 Å². The van der Waals surface area contributed by atoms with Gasteiger partial charge in [-0.05, 0) is 37.8 Å². The second kappa shape index (κ2) is 8.38. The van der Waals surface area contributed by atoms with Crippen molar-refractivity contribution in [1.29, 1.82) is 0 Å². The van der Waals surface area contributed by atoms with Crippen LogP contribution in [0, 0.1) is 5.92 Å². The average molecular weight is 409 g/mol. The number of hydrogen-bond donors (Lipinski definition) is 0. The molecule has 1 atom stereocenters. The average Bonchev–Trinajstić information content (AvgIpc) is 3.45. The summed E-state index contributed by atoms with van der Waals surface area (Å²) in [5.41, 5.74) is 2.49. The summed E-state index contributed by atoms with van der Waals surface area (Å²) >= 11 is 1.71. The highest BCUT2D eigenvalue weighted by atomic mass is 32.1. The number of likely N-dealkylation sites (N-methyl/N-ethyl adjacent to an activating group) is 1. The maximum absolute atomic E-state index is 5.56. The SMILES string of the molecule is CN(CC1CCN(c2ncnc3scc(-c4ccccc4)c23)CC1)C1CCOC1. The summed E-state index contributed by atoms with van der Waals surface area (Å²) in [6.07, 6.45) is 5.33. The van der Waals surface area contributed by atoms with Crippen LogP contribution in [0.1, 0.15) is 19.3 Å². The first-order valence-corrected chi connectivity index (χ1v) is 11.5. The van der Waals surface area contributed by atoms with E-state index in [9.17, 15) is 0 Å². The van der Waals surface area contributed by atoms with Gasteiger partial charge in [0.15, 0.2) is 0 Å². The van der Waals surface area contributed by atoms with E-state index in [0.717, 1.165) is 42.9 Å². The molecule has 5 nitrogen and oxygen atoms in total. The lowest BCUT2D eigenvalue weighted by molar-refractivity contribution is 0.144. The van der Waals surface area contributed by atoms with Crippen LogP contribution in [0.15, 0.2) is 42.0 Å². The van der Waals surface area contributed by atoms with Crippen LogP contribution in [0.2, 0.25) is 0 Å². The van der Waals surface area contributed by atoms with Gasteiger partial charge in [-0.25, -0.2) is 9.97 Å². The van der Waals surface area contributed by atoms with E-state index in [1.165, 1.54) is 42.3 Å².